The monoisotopic (exact) mass is 1040 g/mol. The van der Waals surface area contributed by atoms with Gasteiger partial charge in [0.1, 0.15) is 30.4 Å². The molecule has 8 aliphatic rings. The molecule has 3 aliphatic heterocycles. The minimum absolute atomic E-state index is 0.0646. The average Bonchev–Trinajstić information content (AvgIpc) is 4.10. The fourth-order valence-electron chi connectivity index (χ4n) is 18.3. The van der Waals surface area contributed by atoms with Gasteiger partial charge in [-0.15, -0.1) is 0 Å². The Morgan fingerprint density at radius 1 is 0.959 bits per heavy atom. The van der Waals surface area contributed by atoms with Crippen molar-refractivity contribution in [2.24, 2.45) is 85.6 Å². The van der Waals surface area contributed by atoms with Crippen molar-refractivity contribution in [2.75, 3.05) is 38.3 Å². The number of nitrogens with two attached hydrogens (primary N) is 1. The van der Waals surface area contributed by atoms with E-state index in [0.29, 0.717) is 63.0 Å². The van der Waals surface area contributed by atoms with Crippen molar-refractivity contribution in [3.63, 3.8) is 0 Å². The molecule has 4 saturated carbocycles. The standard InChI is InChI=1S/C53H81N7O14/c1-48(20-62)10-11-53(47(71)72)29(15-48)26-6-7-36-50(3,52(26,5)27-13-31-44(59-23-58-31)56-16-30(27)53)9-8-35-49(2,21-63)43(74-46-42(69)41(68)34(65)19-73-46)40(67)28(51(35,36)4)12-24-25(18-61)45(70)60-39(24)38(32-17-55-22-57-32)33(64)14-37(54)66/h6,17,22-25,27-30,33-43,46,56,61-69H,7-16,18-21,54H2,1-5H3,(H,55,57)(H,58,59)(H,60,70)(H,71,72)/t24-,25+,27+,28+,29+,30+,33-,34-,35-,36+,37+,38+,39+,40-,41+,42-,43-,46+,48+,49+,50-,51+,52+,53-/m1/s1. The van der Waals surface area contributed by atoms with Gasteiger partial charge in [0.05, 0.1) is 67.8 Å². The van der Waals surface area contributed by atoms with Gasteiger partial charge < -0.3 is 86.9 Å². The highest BCUT2D eigenvalue weighted by molar-refractivity contribution is 5.82. The molecule has 6 fully saturated rings. The predicted molar refractivity (Wildman–Crippen MR) is 264 cm³/mol. The maximum atomic E-state index is 14.3. The molecule has 10 rings (SSSR count). The number of aliphatic hydroxyl groups is 9. The maximum Gasteiger partial charge on any atom is 0.310 e. The van der Waals surface area contributed by atoms with Gasteiger partial charge in [-0.3, -0.25) is 9.59 Å². The smallest absolute Gasteiger partial charge is 0.310 e. The number of allylic oxidation sites excluding steroid dienone is 2. The number of ether oxygens (including phenoxy) is 2. The minimum Gasteiger partial charge on any atom is -0.481 e. The number of nitrogens with one attached hydrogen (secondary N) is 4. The minimum atomic E-state index is -1.72. The van der Waals surface area contributed by atoms with Crippen LogP contribution < -0.4 is 16.4 Å². The lowest BCUT2D eigenvalue weighted by atomic mass is 9.29. The number of imidazole rings is 2. The third-order valence-corrected chi connectivity index (χ3v) is 22.3. The number of aliphatic carboxylic acids is 1. The van der Waals surface area contributed by atoms with E-state index >= 15 is 0 Å². The van der Waals surface area contributed by atoms with Gasteiger partial charge in [0.25, 0.3) is 0 Å². The van der Waals surface area contributed by atoms with Gasteiger partial charge in [-0.2, -0.15) is 0 Å². The van der Waals surface area contributed by atoms with E-state index in [0.717, 1.165) is 11.3 Å². The molecule has 2 aromatic rings. The lowest BCUT2D eigenvalue weighted by Gasteiger charge is -2.75. The number of hydrogen-bond donors (Lipinski definition) is 15. The lowest BCUT2D eigenvalue weighted by molar-refractivity contribution is -0.341. The van der Waals surface area contributed by atoms with Crippen LogP contribution in [0, 0.1) is 79.8 Å². The van der Waals surface area contributed by atoms with Crippen LogP contribution in [-0.4, -0.2) is 171 Å². The second kappa shape index (κ2) is 19.1. The first kappa shape index (κ1) is 53.8. The molecule has 0 unspecified atom stereocenters. The summed E-state index contributed by atoms with van der Waals surface area (Å²) in [6.07, 6.45) is -1.53. The average molecular weight is 1040 g/mol. The Balaban J connectivity index is 1.15. The summed E-state index contributed by atoms with van der Waals surface area (Å²) in [4.78, 5) is 43.9. The molecule has 0 spiro atoms. The molecule has 0 aromatic carbocycles. The number of carboxylic acid groups (broad SMARTS) is 1. The Kier molecular flexibility index (Phi) is 13.9. The van der Waals surface area contributed by atoms with Crippen molar-refractivity contribution in [1.82, 2.24) is 25.3 Å². The summed E-state index contributed by atoms with van der Waals surface area (Å²) >= 11 is 0. The van der Waals surface area contributed by atoms with Crippen LogP contribution in [0.5, 0.6) is 0 Å². The number of aromatic amines is 2. The zero-order chi connectivity index (χ0) is 53.2. The van der Waals surface area contributed by atoms with E-state index in [1.807, 2.05) is 6.92 Å². The van der Waals surface area contributed by atoms with Crippen molar-refractivity contribution < 1.29 is 70.1 Å². The van der Waals surface area contributed by atoms with Crippen molar-refractivity contribution >= 4 is 17.7 Å². The van der Waals surface area contributed by atoms with Crippen LogP contribution in [-0.2, 0) is 25.5 Å². The Hall–Kier alpha value is -3.58. The van der Waals surface area contributed by atoms with E-state index in [1.165, 1.54) is 12.5 Å². The fourth-order valence-corrected chi connectivity index (χ4v) is 18.3. The largest absolute Gasteiger partial charge is 0.481 e. The highest BCUT2D eigenvalue weighted by Crippen LogP contribution is 2.79. The highest BCUT2D eigenvalue weighted by Gasteiger charge is 2.77. The van der Waals surface area contributed by atoms with Crippen LogP contribution in [0.1, 0.15) is 103 Å². The molecule has 74 heavy (non-hydrogen) atoms. The molecule has 16 N–H and O–H groups in total. The number of amides is 1. The summed E-state index contributed by atoms with van der Waals surface area (Å²) in [6, 6.07) is -0.892. The molecule has 412 valence electrons. The van der Waals surface area contributed by atoms with Crippen molar-refractivity contribution in [3.8, 4) is 0 Å². The van der Waals surface area contributed by atoms with Crippen molar-refractivity contribution in [3.05, 3.63) is 41.9 Å². The third-order valence-electron chi connectivity index (χ3n) is 22.3. The lowest BCUT2D eigenvalue weighted by Crippen LogP contribution is -2.74. The normalized spacial score (nSPS) is 47.9. The van der Waals surface area contributed by atoms with Gasteiger partial charge >= 0.3 is 5.97 Å². The summed E-state index contributed by atoms with van der Waals surface area (Å²) in [5, 5.41) is 121. The number of fused-ring (bicyclic) bond motifs is 11. The quantitative estimate of drug-likeness (QED) is 0.0730. The number of rotatable bonds is 13. The van der Waals surface area contributed by atoms with Crippen molar-refractivity contribution in [1.29, 1.82) is 0 Å². The SMILES string of the molecule is C[C@]1(CO)CC[C@@]2(C(=O)O)[C@@H](C1)C1=CC[C@@H]3[C@]4(C)[C@H](CC[C@@]3(C)[C@]1(C)[C@H]1Cc3[nH]cnc3NC[C@@H]12)[C@](C)(CO)[C@H](O[C@@H]1OC[C@@H](O)[C@H](O)[C@H]1O)[C@H](O)[C@@H]4C[C@H]1[C@@H]([C@@H](c2cnc[nH]2)[C@H](O)C[C@@H](N)O)NC(=O)[C@H]1CO. The number of hydrogen-bond acceptors (Lipinski definition) is 17. The third kappa shape index (κ3) is 7.67. The number of aliphatic hydroxyl groups excluding tert-OH is 9. The molecule has 21 nitrogen and oxygen atoms in total. The number of anilines is 1. The number of nitrogens with zero attached hydrogens (tertiary/aromatic N) is 2. The van der Waals surface area contributed by atoms with Crippen molar-refractivity contribution in [2.45, 2.75) is 154 Å². The van der Waals surface area contributed by atoms with E-state index in [-0.39, 0.29) is 43.8 Å². The first-order chi connectivity index (χ1) is 35.0. The molecule has 24 atom stereocenters. The van der Waals surface area contributed by atoms with Crippen LogP contribution in [0.25, 0.3) is 0 Å². The summed E-state index contributed by atoms with van der Waals surface area (Å²) in [6.45, 7) is 9.58. The van der Waals surface area contributed by atoms with Crippen LogP contribution in [0.15, 0.2) is 30.5 Å². The van der Waals surface area contributed by atoms with Gasteiger partial charge in [0.15, 0.2) is 6.29 Å². The fraction of sp³-hybridized carbons (Fsp3) is 0.811. The molecule has 2 aromatic heterocycles. The van der Waals surface area contributed by atoms with E-state index in [2.05, 4.69) is 64.3 Å². The topological polar surface area (TPSA) is 362 Å². The highest BCUT2D eigenvalue weighted by atomic mass is 16.7. The van der Waals surface area contributed by atoms with E-state index < -0.39 is 148 Å². The van der Waals surface area contributed by atoms with Gasteiger partial charge in [-0.05, 0) is 114 Å². The van der Waals surface area contributed by atoms with Crippen LogP contribution in [0.3, 0.4) is 0 Å². The molecular weight excluding hydrogens is 959 g/mol. The predicted octanol–water partition coefficient (Wildman–Crippen LogP) is 0.330. The number of carboxylic acids is 1. The van der Waals surface area contributed by atoms with E-state index in [4.69, 9.17) is 15.2 Å². The summed E-state index contributed by atoms with van der Waals surface area (Å²) in [5.41, 5.74) is 3.06. The molecule has 0 radical (unpaired) electrons. The zero-order valence-corrected chi connectivity index (χ0v) is 43.2. The Bertz CT molecular complexity index is 2430. The second-order valence-electron chi connectivity index (χ2n) is 25.3. The first-order valence-electron chi connectivity index (χ1n) is 26.9. The van der Waals surface area contributed by atoms with E-state index in [9.17, 15) is 60.7 Å². The van der Waals surface area contributed by atoms with Gasteiger partial charge in [0.2, 0.25) is 5.91 Å². The Labute approximate surface area is 431 Å². The summed E-state index contributed by atoms with van der Waals surface area (Å²) in [5.74, 6) is -5.92. The number of carbonyl (C=O) groups is 2. The number of aromatic nitrogens is 4. The van der Waals surface area contributed by atoms with E-state index in [1.54, 1.807) is 6.33 Å². The molecular formula is C53H81N7O14. The van der Waals surface area contributed by atoms with Gasteiger partial charge in [-0.1, -0.05) is 46.3 Å². The molecule has 2 saturated heterocycles. The molecule has 5 aliphatic carbocycles. The van der Waals surface area contributed by atoms with Gasteiger partial charge in [-0.25, -0.2) is 9.97 Å². The molecule has 0 bridgehead atoms. The molecule has 1 amide bonds. The number of carbonyl (C=O) groups excluding carboxylic acids is 1. The second-order valence-corrected chi connectivity index (χ2v) is 25.3. The van der Waals surface area contributed by atoms with Crippen LogP contribution in [0.4, 0.5) is 5.82 Å². The zero-order valence-electron chi connectivity index (χ0n) is 43.2. The molecule has 21 heteroatoms. The van der Waals surface area contributed by atoms with Gasteiger partial charge in [0, 0.05) is 48.8 Å². The Morgan fingerprint density at radius 2 is 1.72 bits per heavy atom. The maximum absolute atomic E-state index is 14.3. The summed E-state index contributed by atoms with van der Waals surface area (Å²) < 4.78 is 12.5. The summed E-state index contributed by atoms with van der Waals surface area (Å²) in [7, 11) is 0. The first-order valence-corrected chi connectivity index (χ1v) is 26.9. The molecule has 5 heterocycles. The van der Waals surface area contributed by atoms with Crippen LogP contribution in [0.2, 0.25) is 0 Å². The Morgan fingerprint density at radius 3 is 2.38 bits per heavy atom. The van der Waals surface area contributed by atoms with Crippen LogP contribution >= 0.6 is 0 Å². The number of H-pyrrole nitrogens is 2.